The average molecular weight is 343 g/mol. The Bertz CT molecular complexity index is 514. The summed E-state index contributed by atoms with van der Waals surface area (Å²) >= 11 is 0. The van der Waals surface area contributed by atoms with E-state index in [1.165, 1.54) is 69.8 Å². The van der Waals surface area contributed by atoms with E-state index >= 15 is 0 Å². The van der Waals surface area contributed by atoms with Crippen molar-refractivity contribution in [3.8, 4) is 0 Å². The Hall–Kier alpha value is -1.11. The molecule has 0 bridgehead atoms. The van der Waals surface area contributed by atoms with E-state index in [0.29, 0.717) is 0 Å². The molecule has 0 amide bonds. The van der Waals surface area contributed by atoms with Gasteiger partial charge in [0.15, 0.2) is 0 Å². The summed E-state index contributed by atoms with van der Waals surface area (Å²) in [5, 5.41) is 0. The van der Waals surface area contributed by atoms with Gasteiger partial charge in [-0.25, -0.2) is 4.39 Å². The van der Waals surface area contributed by atoms with Crippen LogP contribution in [0.3, 0.4) is 0 Å². The lowest BCUT2D eigenvalue weighted by atomic mass is 9.68. The first-order valence-corrected chi connectivity index (χ1v) is 10.6. The van der Waals surface area contributed by atoms with E-state index in [-0.39, 0.29) is 0 Å². The summed E-state index contributed by atoms with van der Waals surface area (Å²) in [4.78, 5) is 0. The highest BCUT2D eigenvalue weighted by Crippen LogP contribution is 2.44. The second-order valence-electron chi connectivity index (χ2n) is 8.48. The maximum absolute atomic E-state index is 12.2. The van der Waals surface area contributed by atoms with Gasteiger partial charge >= 0.3 is 0 Å². The first-order valence-electron chi connectivity index (χ1n) is 10.6. The molecular weight excluding hydrogens is 307 g/mol. The normalized spacial score (nSPS) is 30.6. The van der Waals surface area contributed by atoms with Crippen LogP contribution in [0.5, 0.6) is 0 Å². The highest BCUT2D eigenvalue weighted by molar-refractivity contribution is 5.26. The van der Waals surface area contributed by atoms with Gasteiger partial charge in [0.25, 0.3) is 0 Å². The highest BCUT2D eigenvalue weighted by atomic mass is 19.1. The summed E-state index contributed by atoms with van der Waals surface area (Å²) < 4.78 is 12.2. The third-order valence-corrected chi connectivity index (χ3v) is 6.88. The molecular formula is C24H35F. The third kappa shape index (κ3) is 5.19. The number of benzene rings is 1. The Morgan fingerprint density at radius 2 is 1.48 bits per heavy atom. The van der Waals surface area contributed by atoms with Crippen molar-refractivity contribution in [1.29, 1.82) is 0 Å². The van der Waals surface area contributed by atoms with Crippen molar-refractivity contribution in [2.75, 3.05) is 0 Å². The first kappa shape index (κ1) is 18.7. The van der Waals surface area contributed by atoms with Crippen LogP contribution >= 0.6 is 0 Å². The zero-order valence-corrected chi connectivity index (χ0v) is 15.9. The Morgan fingerprint density at radius 3 is 2.04 bits per heavy atom. The molecule has 1 aromatic rings. The number of halogens is 1. The molecule has 0 saturated heterocycles. The molecule has 2 fully saturated rings. The molecule has 0 heterocycles. The van der Waals surface area contributed by atoms with Crippen LogP contribution in [0, 0.1) is 17.8 Å². The van der Waals surface area contributed by atoms with E-state index in [9.17, 15) is 4.39 Å². The number of allylic oxidation sites excluding steroid dienone is 1. The molecule has 2 saturated carbocycles. The molecule has 0 radical (unpaired) electrons. The smallest absolute Gasteiger partial charge is 0.0827 e. The van der Waals surface area contributed by atoms with Crippen LogP contribution in [-0.2, 0) is 6.42 Å². The standard InChI is InChI=1S/C24H35F/c1-2-4-19-6-10-21(11-7-19)23-14-16-24(17-15-23)22-12-8-20(9-13-22)5-3-18-25/h3,6-7,10-11,18,20,22-24H,2,4-5,8-9,12-17H2,1H3/b18-3+. The zero-order chi connectivity index (χ0) is 17.5. The van der Waals surface area contributed by atoms with Gasteiger partial charge in [-0.05, 0) is 99.0 Å². The summed E-state index contributed by atoms with van der Waals surface area (Å²) in [6, 6.07) is 9.47. The number of hydrogen-bond acceptors (Lipinski definition) is 0. The van der Waals surface area contributed by atoms with Crippen molar-refractivity contribution in [2.24, 2.45) is 17.8 Å². The highest BCUT2D eigenvalue weighted by Gasteiger charge is 2.30. The Labute approximate surface area is 153 Å². The molecule has 0 nitrogen and oxygen atoms in total. The van der Waals surface area contributed by atoms with Gasteiger partial charge in [-0.2, -0.15) is 0 Å². The lowest BCUT2D eigenvalue weighted by Crippen LogP contribution is -2.25. The van der Waals surface area contributed by atoms with Gasteiger partial charge in [0.05, 0.1) is 6.33 Å². The Morgan fingerprint density at radius 1 is 0.880 bits per heavy atom. The van der Waals surface area contributed by atoms with Crippen molar-refractivity contribution in [3.05, 3.63) is 47.8 Å². The fraction of sp³-hybridized carbons (Fsp3) is 0.667. The van der Waals surface area contributed by atoms with E-state index < -0.39 is 0 Å². The first-order chi connectivity index (χ1) is 12.3. The molecule has 0 N–H and O–H groups in total. The molecule has 25 heavy (non-hydrogen) atoms. The fourth-order valence-electron chi connectivity index (χ4n) is 5.31. The molecule has 0 aromatic heterocycles. The summed E-state index contributed by atoms with van der Waals surface area (Å²) in [5.74, 6) is 3.42. The SMILES string of the molecule is CCCc1ccc(C2CCC(C3CCC(C/C=C/F)CC3)CC2)cc1. The van der Waals surface area contributed by atoms with E-state index in [2.05, 4.69) is 31.2 Å². The summed E-state index contributed by atoms with van der Waals surface area (Å²) in [7, 11) is 0. The molecule has 1 heteroatoms. The monoisotopic (exact) mass is 342 g/mol. The molecule has 0 unspecified atom stereocenters. The average Bonchev–Trinajstić information content (AvgIpc) is 2.68. The zero-order valence-electron chi connectivity index (χ0n) is 15.9. The van der Waals surface area contributed by atoms with E-state index in [1.807, 2.05) is 0 Å². The van der Waals surface area contributed by atoms with E-state index in [1.54, 1.807) is 11.6 Å². The summed E-state index contributed by atoms with van der Waals surface area (Å²) in [5.41, 5.74) is 3.05. The van der Waals surface area contributed by atoms with Crippen LogP contribution in [0.4, 0.5) is 4.39 Å². The van der Waals surface area contributed by atoms with Crippen LogP contribution in [-0.4, -0.2) is 0 Å². The second-order valence-corrected chi connectivity index (χ2v) is 8.48. The van der Waals surface area contributed by atoms with Crippen LogP contribution in [0.2, 0.25) is 0 Å². The van der Waals surface area contributed by atoms with Gasteiger partial charge in [0, 0.05) is 0 Å². The predicted molar refractivity (Wildman–Crippen MR) is 105 cm³/mol. The van der Waals surface area contributed by atoms with Crippen LogP contribution in [0.1, 0.15) is 88.2 Å². The maximum atomic E-state index is 12.2. The Balaban J connectivity index is 1.44. The van der Waals surface area contributed by atoms with Gasteiger partial charge in [-0.15, -0.1) is 0 Å². The molecule has 0 aliphatic heterocycles. The van der Waals surface area contributed by atoms with Crippen molar-refractivity contribution in [2.45, 2.75) is 83.5 Å². The van der Waals surface area contributed by atoms with Crippen molar-refractivity contribution >= 4 is 0 Å². The minimum atomic E-state index is 0.724. The van der Waals surface area contributed by atoms with Gasteiger partial charge in [0.2, 0.25) is 0 Å². The largest absolute Gasteiger partial charge is 0.216 e. The fourth-order valence-corrected chi connectivity index (χ4v) is 5.31. The second kappa shape index (κ2) is 9.55. The van der Waals surface area contributed by atoms with E-state index in [4.69, 9.17) is 0 Å². The third-order valence-electron chi connectivity index (χ3n) is 6.88. The van der Waals surface area contributed by atoms with Gasteiger partial charge in [-0.1, -0.05) is 43.7 Å². The van der Waals surface area contributed by atoms with Crippen molar-refractivity contribution < 1.29 is 4.39 Å². The topological polar surface area (TPSA) is 0 Å². The van der Waals surface area contributed by atoms with Gasteiger partial charge < -0.3 is 0 Å². The van der Waals surface area contributed by atoms with E-state index in [0.717, 1.165) is 36.4 Å². The molecule has 2 aliphatic rings. The van der Waals surface area contributed by atoms with Crippen LogP contribution in [0.25, 0.3) is 0 Å². The molecule has 0 spiro atoms. The predicted octanol–water partition coefficient (Wildman–Crippen LogP) is 7.59. The molecule has 2 aliphatic carbocycles. The van der Waals surface area contributed by atoms with Crippen molar-refractivity contribution in [3.63, 3.8) is 0 Å². The Kier molecular flexibility index (Phi) is 7.13. The van der Waals surface area contributed by atoms with Gasteiger partial charge in [-0.3, -0.25) is 0 Å². The quantitative estimate of drug-likeness (QED) is 0.499. The molecule has 138 valence electrons. The summed E-state index contributed by atoms with van der Waals surface area (Å²) in [6.45, 7) is 2.25. The lowest BCUT2D eigenvalue weighted by Gasteiger charge is -2.38. The molecule has 1 aromatic carbocycles. The lowest BCUT2D eigenvalue weighted by molar-refractivity contribution is 0.160. The number of aryl methyl sites for hydroxylation is 1. The molecule has 3 rings (SSSR count). The van der Waals surface area contributed by atoms with Crippen LogP contribution < -0.4 is 0 Å². The minimum absolute atomic E-state index is 0.724. The summed E-state index contributed by atoms with van der Waals surface area (Å²) in [6.07, 6.45) is 16.8. The number of hydrogen-bond donors (Lipinski definition) is 0. The molecule has 0 atom stereocenters. The number of rotatable bonds is 6. The van der Waals surface area contributed by atoms with Crippen LogP contribution in [0.15, 0.2) is 36.7 Å². The maximum Gasteiger partial charge on any atom is 0.0827 e. The van der Waals surface area contributed by atoms with Gasteiger partial charge in [0.1, 0.15) is 0 Å². The minimum Gasteiger partial charge on any atom is -0.216 e. The van der Waals surface area contributed by atoms with Crippen molar-refractivity contribution in [1.82, 2.24) is 0 Å².